The number of nitrogens with zero attached hydrogens (tertiary/aromatic N) is 1. The molecule has 3 aliphatic heterocycles. The van der Waals surface area contributed by atoms with E-state index < -0.39 is 23.2 Å². The van der Waals surface area contributed by atoms with Crippen molar-refractivity contribution in [2.45, 2.75) is 211 Å². The number of ether oxygens (including phenoxy) is 6. The molecule has 0 aliphatic carbocycles. The van der Waals surface area contributed by atoms with Gasteiger partial charge in [-0.25, -0.2) is 9.59 Å². The van der Waals surface area contributed by atoms with Crippen LogP contribution in [0.1, 0.15) is 170 Å². The molecule has 1 amide bonds. The fourth-order valence-electron chi connectivity index (χ4n) is 7.56. The van der Waals surface area contributed by atoms with Crippen molar-refractivity contribution in [3.8, 4) is 0 Å². The molecular weight excluding hydrogens is 650 g/mol. The maximum atomic E-state index is 12.8. The lowest BCUT2D eigenvalue weighted by Gasteiger charge is -2.35. The van der Waals surface area contributed by atoms with Crippen LogP contribution >= 0.6 is 0 Å². The van der Waals surface area contributed by atoms with Gasteiger partial charge in [-0.3, -0.25) is 4.90 Å². The lowest BCUT2D eigenvalue weighted by molar-refractivity contribution is -0.214. The third-order valence-electron chi connectivity index (χ3n) is 10.3. The summed E-state index contributed by atoms with van der Waals surface area (Å²) in [5.41, 5.74) is -1.24. The molecule has 0 aromatic heterocycles. The van der Waals surface area contributed by atoms with Crippen LogP contribution in [0, 0.1) is 0 Å². The first-order chi connectivity index (χ1) is 24.4. The second-order valence-corrected chi connectivity index (χ2v) is 16.4. The van der Waals surface area contributed by atoms with Crippen LogP contribution in [0.4, 0.5) is 4.79 Å². The number of unbranched alkanes of at least 4 members (excludes halogenated alkanes) is 14. The number of rotatable bonds is 25. The van der Waals surface area contributed by atoms with Gasteiger partial charge >= 0.3 is 12.1 Å². The fourth-order valence-corrected chi connectivity index (χ4v) is 7.56. The molecule has 10 nitrogen and oxygen atoms in total. The summed E-state index contributed by atoms with van der Waals surface area (Å²) in [6.07, 6.45) is 24.7. The van der Waals surface area contributed by atoms with Gasteiger partial charge < -0.3 is 33.5 Å². The zero-order chi connectivity index (χ0) is 37.2. The molecule has 51 heavy (non-hydrogen) atoms. The molecule has 5 atom stereocenters. The number of aliphatic hydroxyl groups is 1. The monoisotopic (exact) mass is 724 g/mol. The highest BCUT2D eigenvalue weighted by molar-refractivity contribution is 5.81. The fraction of sp³-hybridized carbons (Fsp3) is 0.902. The number of allylic oxidation sites excluding steroid dienone is 1. The molecule has 3 aliphatic rings. The van der Waals surface area contributed by atoms with E-state index in [1.54, 1.807) is 11.8 Å². The van der Waals surface area contributed by atoms with Crippen LogP contribution in [-0.4, -0.2) is 90.0 Å². The first-order valence-electron chi connectivity index (χ1n) is 20.5. The molecule has 2 unspecified atom stereocenters. The molecule has 2 bridgehead atoms. The van der Waals surface area contributed by atoms with E-state index >= 15 is 0 Å². The summed E-state index contributed by atoms with van der Waals surface area (Å²) in [4.78, 5) is 25.9. The van der Waals surface area contributed by atoms with Gasteiger partial charge in [-0.2, -0.15) is 0 Å². The number of hydrogen-bond acceptors (Lipinski definition) is 9. The third kappa shape index (κ3) is 16.0. The van der Waals surface area contributed by atoms with Gasteiger partial charge in [0.1, 0.15) is 17.4 Å². The van der Waals surface area contributed by atoms with Crippen LogP contribution in [-0.2, 0) is 33.2 Å². The number of carbonyl (C=O) groups is 2. The number of carbonyl (C=O) groups excluding carboxylic acids is 2. The van der Waals surface area contributed by atoms with Crippen molar-refractivity contribution in [3.63, 3.8) is 0 Å². The number of esters is 1. The quantitative estimate of drug-likeness (QED) is 0.0560. The van der Waals surface area contributed by atoms with Crippen LogP contribution in [0.2, 0.25) is 0 Å². The van der Waals surface area contributed by atoms with Crippen LogP contribution in [0.15, 0.2) is 12.2 Å². The molecule has 3 rings (SSSR count). The smallest absolute Gasteiger partial charge is 0.412 e. The summed E-state index contributed by atoms with van der Waals surface area (Å²) < 4.78 is 35.2. The van der Waals surface area contributed by atoms with Crippen LogP contribution in [0.5, 0.6) is 0 Å². The van der Waals surface area contributed by atoms with Gasteiger partial charge in [0.25, 0.3) is 0 Å². The van der Waals surface area contributed by atoms with Crippen molar-refractivity contribution in [1.82, 2.24) is 4.90 Å². The summed E-state index contributed by atoms with van der Waals surface area (Å²) in [6.45, 7) is 13.3. The Morgan fingerprint density at radius 1 is 0.882 bits per heavy atom. The second-order valence-electron chi connectivity index (χ2n) is 16.4. The van der Waals surface area contributed by atoms with Crippen molar-refractivity contribution in [1.29, 1.82) is 0 Å². The number of fused-ring (bicyclic) bond motifs is 2. The Kier molecular flexibility index (Phi) is 19.3. The first kappa shape index (κ1) is 43.7. The van der Waals surface area contributed by atoms with Gasteiger partial charge in [-0.1, -0.05) is 83.1 Å². The SMILES string of the molecule is CCOC(=O)/C=C/CCCC[C@@H]1OC2(CCCCCCCCCCCCCCCOC[C@@H]3COC(C)(C)N3C(=O)OC(C)(C)C)CCC(O)[C@H]1O2. The van der Waals surface area contributed by atoms with E-state index in [2.05, 4.69) is 0 Å². The van der Waals surface area contributed by atoms with Crippen molar-refractivity contribution in [2.75, 3.05) is 26.4 Å². The average molecular weight is 724 g/mol. The number of aliphatic hydroxyl groups excluding tert-OH is 1. The van der Waals surface area contributed by atoms with Gasteiger partial charge in [0, 0.05) is 25.5 Å². The predicted molar refractivity (Wildman–Crippen MR) is 199 cm³/mol. The van der Waals surface area contributed by atoms with E-state index in [1.807, 2.05) is 40.7 Å². The lowest BCUT2D eigenvalue weighted by Crippen LogP contribution is -2.51. The van der Waals surface area contributed by atoms with Crippen molar-refractivity contribution in [3.05, 3.63) is 12.2 Å². The molecule has 0 radical (unpaired) electrons. The highest BCUT2D eigenvalue weighted by Gasteiger charge is 2.53. The van der Waals surface area contributed by atoms with E-state index in [4.69, 9.17) is 28.4 Å². The summed E-state index contributed by atoms with van der Waals surface area (Å²) in [7, 11) is 0. The Labute approximate surface area is 309 Å². The Bertz CT molecular complexity index is 1030. The minimum Gasteiger partial charge on any atom is -0.463 e. The zero-order valence-electron chi connectivity index (χ0n) is 33.1. The van der Waals surface area contributed by atoms with Crippen molar-refractivity contribution in [2.24, 2.45) is 0 Å². The third-order valence-corrected chi connectivity index (χ3v) is 10.3. The van der Waals surface area contributed by atoms with Gasteiger partial charge in [0.05, 0.1) is 38.1 Å². The molecule has 1 N–H and O–H groups in total. The van der Waals surface area contributed by atoms with Crippen molar-refractivity contribution < 1.29 is 43.1 Å². The minimum absolute atomic E-state index is 0.0405. The number of amides is 1. The highest BCUT2D eigenvalue weighted by Crippen LogP contribution is 2.44. The van der Waals surface area contributed by atoms with Crippen molar-refractivity contribution >= 4 is 12.1 Å². The Morgan fingerprint density at radius 2 is 1.51 bits per heavy atom. The Balaban J connectivity index is 1.12. The maximum Gasteiger partial charge on any atom is 0.412 e. The molecule has 3 heterocycles. The Hall–Kier alpha value is -1.72. The maximum absolute atomic E-state index is 12.8. The van der Waals surface area contributed by atoms with E-state index in [9.17, 15) is 14.7 Å². The van der Waals surface area contributed by atoms with Gasteiger partial charge in [-0.15, -0.1) is 0 Å². The topological polar surface area (TPSA) is 113 Å². The predicted octanol–water partition coefficient (Wildman–Crippen LogP) is 9.15. The molecule has 3 saturated heterocycles. The van der Waals surface area contributed by atoms with E-state index in [1.165, 1.54) is 76.7 Å². The lowest BCUT2D eigenvalue weighted by atomic mass is 9.94. The number of hydrogen-bond donors (Lipinski definition) is 1. The van der Waals surface area contributed by atoms with E-state index in [0.717, 1.165) is 57.8 Å². The molecule has 3 fully saturated rings. The molecule has 0 aromatic rings. The summed E-state index contributed by atoms with van der Waals surface area (Å²) in [5.74, 6) is -0.784. The van der Waals surface area contributed by atoms with Gasteiger partial charge in [0.2, 0.25) is 0 Å². The molecule has 296 valence electrons. The molecule has 0 saturated carbocycles. The van der Waals surface area contributed by atoms with Gasteiger partial charge in [0.15, 0.2) is 5.79 Å². The standard InChI is InChI=1S/C41H73NO9/c1-7-47-36(44)26-22-18-17-21-25-35-37-34(43)27-29-41(49-35,50-37)28-23-19-15-13-11-9-8-10-12-14-16-20-24-30-46-31-33-32-48-40(5,6)42(33)38(45)51-39(2,3)4/h22,26,33-35,37,43H,7-21,23-25,27-32H2,1-6H3/b26-22+/t33-,34?,35+,37-,41?/m1/s1. The van der Waals surface area contributed by atoms with Crippen LogP contribution in [0.25, 0.3) is 0 Å². The molecule has 0 spiro atoms. The highest BCUT2D eigenvalue weighted by atomic mass is 16.8. The Morgan fingerprint density at radius 3 is 2.14 bits per heavy atom. The van der Waals surface area contributed by atoms with Crippen LogP contribution < -0.4 is 0 Å². The molecule has 0 aromatic carbocycles. The molecular formula is C41H73NO9. The summed E-state index contributed by atoms with van der Waals surface area (Å²) in [6, 6.07) is -0.123. The van der Waals surface area contributed by atoms with Gasteiger partial charge in [-0.05, 0) is 80.1 Å². The molecule has 10 heteroatoms. The summed E-state index contributed by atoms with van der Waals surface area (Å²) in [5, 5.41) is 10.5. The average Bonchev–Trinajstić information content (AvgIpc) is 3.54. The van der Waals surface area contributed by atoms with Crippen LogP contribution in [0.3, 0.4) is 0 Å². The first-order valence-corrected chi connectivity index (χ1v) is 20.5. The van der Waals surface area contributed by atoms with E-state index in [-0.39, 0.29) is 30.3 Å². The minimum atomic E-state index is -0.691. The second kappa shape index (κ2) is 22.5. The summed E-state index contributed by atoms with van der Waals surface area (Å²) >= 11 is 0. The zero-order valence-corrected chi connectivity index (χ0v) is 33.1. The normalized spacial score (nSPS) is 25.9. The van der Waals surface area contributed by atoms with E-state index in [0.29, 0.717) is 26.4 Å². The largest absolute Gasteiger partial charge is 0.463 e.